The van der Waals surface area contributed by atoms with E-state index in [-0.39, 0.29) is 38.5 Å². The van der Waals surface area contributed by atoms with Crippen molar-refractivity contribution in [2.75, 3.05) is 9.44 Å². The molecule has 0 aliphatic carbocycles. The molecule has 0 saturated carbocycles. The Labute approximate surface area is 214 Å². The molecule has 0 fully saturated rings. The number of hydrogen-bond donors (Lipinski definition) is 2. The third-order valence-electron chi connectivity index (χ3n) is 4.99. The van der Waals surface area contributed by atoms with E-state index in [2.05, 4.69) is 9.44 Å². The highest BCUT2D eigenvalue weighted by atomic mass is 35.5. The summed E-state index contributed by atoms with van der Waals surface area (Å²) in [6, 6.07) is 2.47. The number of anilines is 2. The van der Waals surface area contributed by atoms with Crippen LogP contribution in [0.4, 0.5) is 11.4 Å². The Morgan fingerprint density at radius 2 is 0.938 bits per heavy atom. The highest BCUT2D eigenvalue weighted by molar-refractivity contribution is 7.93. The second-order valence-corrected chi connectivity index (χ2v) is 14.7. The average Bonchev–Trinajstić information content (AvgIpc) is 3.22. The lowest BCUT2D eigenvalue weighted by Crippen LogP contribution is -2.20. The molecule has 174 valence electrons. The highest BCUT2D eigenvalue weighted by Gasteiger charge is 2.28. The van der Waals surface area contributed by atoms with Crippen molar-refractivity contribution >= 4 is 100 Å². The fourth-order valence-corrected chi connectivity index (χ4v) is 9.54. The smallest absolute Gasteiger partial charge is 0.264 e. The Bertz CT molecular complexity index is 1330. The van der Waals surface area contributed by atoms with E-state index >= 15 is 0 Å². The lowest BCUT2D eigenvalue weighted by atomic mass is 9.96. The van der Waals surface area contributed by atoms with E-state index in [9.17, 15) is 16.8 Å². The monoisotopic (exact) mass is 592 g/mol. The predicted octanol–water partition coefficient (Wildman–Crippen LogP) is 7.26. The Kier molecular flexibility index (Phi) is 7.40. The number of hydrogen-bond acceptors (Lipinski definition) is 6. The topological polar surface area (TPSA) is 92.3 Å². The first-order valence-corrected chi connectivity index (χ1v) is 14.8. The van der Waals surface area contributed by atoms with Crippen LogP contribution in [0, 0.1) is 27.7 Å². The molecule has 0 unspecified atom stereocenters. The third kappa shape index (κ3) is 4.88. The summed E-state index contributed by atoms with van der Waals surface area (Å²) in [6.07, 6.45) is 0. The van der Waals surface area contributed by atoms with Crippen molar-refractivity contribution in [3.63, 3.8) is 0 Å². The van der Waals surface area contributed by atoms with Crippen LogP contribution in [0.15, 0.2) is 21.9 Å². The number of rotatable bonds is 6. The zero-order valence-electron chi connectivity index (χ0n) is 16.9. The molecule has 2 aromatic heterocycles. The maximum Gasteiger partial charge on any atom is 0.264 e. The summed E-state index contributed by atoms with van der Waals surface area (Å²) in [7, 11) is -8.35. The molecule has 0 aliphatic rings. The second kappa shape index (κ2) is 9.14. The van der Waals surface area contributed by atoms with Crippen LogP contribution in [-0.4, -0.2) is 16.8 Å². The second-order valence-electron chi connectivity index (χ2n) is 6.84. The maximum atomic E-state index is 13.1. The highest BCUT2D eigenvalue weighted by Crippen LogP contribution is 2.41. The van der Waals surface area contributed by atoms with E-state index in [0.29, 0.717) is 11.1 Å². The molecule has 3 aromatic rings. The van der Waals surface area contributed by atoms with Crippen molar-refractivity contribution in [3.05, 3.63) is 51.7 Å². The van der Waals surface area contributed by atoms with Gasteiger partial charge in [-0.15, -0.1) is 22.7 Å². The summed E-state index contributed by atoms with van der Waals surface area (Å²) in [5.41, 5.74) is 2.83. The van der Waals surface area contributed by atoms with Crippen molar-refractivity contribution in [1.82, 2.24) is 0 Å². The summed E-state index contributed by atoms with van der Waals surface area (Å²) in [4.78, 5) is -0.406. The maximum absolute atomic E-state index is 13.1. The van der Waals surface area contributed by atoms with Gasteiger partial charge < -0.3 is 0 Å². The number of sulfonamides is 2. The van der Waals surface area contributed by atoms with Gasteiger partial charge in [-0.25, -0.2) is 16.8 Å². The minimum absolute atomic E-state index is 0.0115. The number of nitrogens with one attached hydrogen (secondary N) is 2. The van der Waals surface area contributed by atoms with Crippen molar-refractivity contribution in [3.8, 4) is 0 Å². The Hall–Kier alpha value is -0.720. The number of halogens is 4. The van der Waals surface area contributed by atoms with Gasteiger partial charge in [0.1, 0.15) is 18.5 Å². The molecule has 14 heteroatoms. The number of thiophene rings is 2. The predicted molar refractivity (Wildman–Crippen MR) is 136 cm³/mol. The van der Waals surface area contributed by atoms with Crippen LogP contribution in [0.1, 0.15) is 22.3 Å². The lowest BCUT2D eigenvalue weighted by molar-refractivity contribution is 0.599. The van der Waals surface area contributed by atoms with Crippen LogP contribution >= 0.6 is 69.1 Å². The van der Waals surface area contributed by atoms with Gasteiger partial charge >= 0.3 is 0 Å². The molecule has 3 rings (SSSR count). The minimum Gasteiger partial charge on any atom is -0.277 e. The molecule has 2 N–H and O–H groups in total. The van der Waals surface area contributed by atoms with Gasteiger partial charge in [0.2, 0.25) is 0 Å². The fraction of sp³-hybridized carbons (Fsp3) is 0.222. The molecule has 0 amide bonds. The van der Waals surface area contributed by atoms with E-state index in [1.807, 2.05) is 13.8 Å². The summed E-state index contributed by atoms with van der Waals surface area (Å²) < 4.78 is 57.7. The van der Waals surface area contributed by atoms with E-state index in [0.717, 1.165) is 33.8 Å². The molecule has 0 spiro atoms. The zero-order valence-corrected chi connectivity index (χ0v) is 23.2. The van der Waals surface area contributed by atoms with E-state index in [1.54, 1.807) is 13.8 Å². The molecule has 32 heavy (non-hydrogen) atoms. The van der Waals surface area contributed by atoms with Crippen LogP contribution in [0.5, 0.6) is 0 Å². The largest absolute Gasteiger partial charge is 0.277 e. The van der Waals surface area contributed by atoms with Gasteiger partial charge in [-0.1, -0.05) is 46.4 Å². The normalized spacial score (nSPS) is 12.2. The first-order chi connectivity index (χ1) is 14.7. The van der Waals surface area contributed by atoms with Crippen LogP contribution in [0.25, 0.3) is 0 Å². The molecule has 0 bridgehead atoms. The summed E-state index contributed by atoms with van der Waals surface area (Å²) in [5.74, 6) is 0. The SMILES string of the molecule is Cc1c(C)c(C)c(NS(=O)(=O)c2cc(Cl)sc2Cl)c(NS(=O)(=O)c2cc(Cl)sc2Cl)c1C. The molecule has 0 atom stereocenters. The van der Waals surface area contributed by atoms with Gasteiger partial charge in [0.15, 0.2) is 0 Å². The quantitative estimate of drug-likeness (QED) is 0.314. The summed E-state index contributed by atoms with van der Waals surface area (Å²) >= 11 is 25.7. The standard InChI is InChI=1S/C18H16Cl4N2O4S4/c1-7-8(2)10(4)16(24-32(27,28)12-6-14(20)30-18(12)22)15(9(7)3)23-31(25,26)11-5-13(19)29-17(11)21/h5-6,23-24H,1-4H3. The van der Waals surface area contributed by atoms with Gasteiger partial charge in [0.25, 0.3) is 20.0 Å². The van der Waals surface area contributed by atoms with Gasteiger partial charge in [-0.05, 0) is 62.1 Å². The Balaban J connectivity index is 2.19. The molecule has 6 nitrogen and oxygen atoms in total. The van der Waals surface area contributed by atoms with Gasteiger partial charge in [-0.3, -0.25) is 9.44 Å². The van der Waals surface area contributed by atoms with Crippen LogP contribution < -0.4 is 9.44 Å². The van der Waals surface area contributed by atoms with Crippen molar-refractivity contribution < 1.29 is 16.8 Å². The molecule has 2 heterocycles. The average molecular weight is 594 g/mol. The van der Waals surface area contributed by atoms with Crippen molar-refractivity contribution in [2.24, 2.45) is 0 Å². The zero-order chi connectivity index (χ0) is 24.2. The number of benzene rings is 1. The molecular formula is C18H16Cl4N2O4S4. The van der Waals surface area contributed by atoms with Gasteiger partial charge in [0.05, 0.1) is 20.0 Å². The summed E-state index contributed by atoms with van der Waals surface area (Å²) in [6.45, 7) is 7.01. The molecule has 0 aliphatic heterocycles. The van der Waals surface area contributed by atoms with Crippen LogP contribution in [0.2, 0.25) is 17.3 Å². The van der Waals surface area contributed by atoms with Crippen LogP contribution in [0.3, 0.4) is 0 Å². The summed E-state index contributed by atoms with van der Waals surface area (Å²) in [5, 5.41) is 0. The van der Waals surface area contributed by atoms with E-state index < -0.39 is 20.0 Å². The lowest BCUT2D eigenvalue weighted by Gasteiger charge is -2.22. The first-order valence-electron chi connectivity index (χ1n) is 8.71. The Morgan fingerprint density at radius 3 is 1.19 bits per heavy atom. The Morgan fingerprint density at radius 1 is 0.625 bits per heavy atom. The van der Waals surface area contributed by atoms with Crippen molar-refractivity contribution in [1.29, 1.82) is 0 Å². The van der Waals surface area contributed by atoms with Crippen LogP contribution in [-0.2, 0) is 20.0 Å². The molecule has 1 aromatic carbocycles. The van der Waals surface area contributed by atoms with Gasteiger partial charge in [-0.2, -0.15) is 0 Å². The van der Waals surface area contributed by atoms with Crippen molar-refractivity contribution in [2.45, 2.75) is 37.5 Å². The molecular weight excluding hydrogens is 578 g/mol. The first kappa shape index (κ1) is 25.9. The minimum atomic E-state index is -4.17. The third-order valence-corrected chi connectivity index (χ3v) is 11.2. The van der Waals surface area contributed by atoms with Gasteiger partial charge in [0, 0.05) is 0 Å². The van der Waals surface area contributed by atoms with E-state index in [1.165, 1.54) is 12.1 Å². The molecule has 0 saturated heterocycles. The fourth-order valence-electron chi connectivity index (χ4n) is 2.96. The van der Waals surface area contributed by atoms with E-state index in [4.69, 9.17) is 46.4 Å². The molecule has 0 radical (unpaired) electrons.